The fourth-order valence-electron chi connectivity index (χ4n) is 3.53. The van der Waals surface area contributed by atoms with E-state index in [0.717, 1.165) is 10.4 Å². The maximum absolute atomic E-state index is 13.9. The van der Waals surface area contributed by atoms with Gasteiger partial charge in [-0.05, 0) is 48.9 Å². The molecule has 1 heterocycles. The molecule has 0 aliphatic carbocycles. The third-order valence-corrected chi connectivity index (χ3v) is 6.83. The maximum atomic E-state index is 13.9. The number of fused-ring (bicyclic) bond motifs is 3. The van der Waals surface area contributed by atoms with Gasteiger partial charge in [0.25, 0.3) is 10.0 Å². The average molecular weight is 428 g/mol. The SMILES string of the molecule is CC(NC(=O)CN1c2ccc(F)cc2-c2ccccc2S1(=O)=O)c1ccc(F)cc1. The van der Waals surface area contributed by atoms with Crippen LogP contribution in [0.1, 0.15) is 18.5 Å². The number of hydrogen-bond donors (Lipinski definition) is 1. The molecular formula is C22H18F2N2O3S. The van der Waals surface area contributed by atoms with Gasteiger partial charge in [0, 0.05) is 11.1 Å². The second-order valence-electron chi connectivity index (χ2n) is 7.01. The lowest BCUT2D eigenvalue weighted by Gasteiger charge is -2.32. The van der Waals surface area contributed by atoms with Gasteiger partial charge in [0.2, 0.25) is 5.91 Å². The summed E-state index contributed by atoms with van der Waals surface area (Å²) in [5.41, 5.74) is 1.71. The fourth-order valence-corrected chi connectivity index (χ4v) is 5.18. The zero-order chi connectivity index (χ0) is 21.5. The van der Waals surface area contributed by atoms with Crippen LogP contribution in [-0.4, -0.2) is 20.9 Å². The van der Waals surface area contributed by atoms with Crippen molar-refractivity contribution in [1.82, 2.24) is 5.32 Å². The first-order valence-corrected chi connectivity index (χ1v) is 10.7. The molecule has 0 spiro atoms. The van der Waals surface area contributed by atoms with Crippen LogP contribution in [0.5, 0.6) is 0 Å². The van der Waals surface area contributed by atoms with Crippen LogP contribution < -0.4 is 9.62 Å². The highest BCUT2D eigenvalue weighted by molar-refractivity contribution is 7.93. The Kier molecular flexibility index (Phi) is 5.03. The molecule has 30 heavy (non-hydrogen) atoms. The molecule has 8 heteroatoms. The van der Waals surface area contributed by atoms with Crippen molar-refractivity contribution in [2.24, 2.45) is 0 Å². The van der Waals surface area contributed by atoms with Crippen molar-refractivity contribution in [2.75, 3.05) is 10.8 Å². The molecule has 1 aliphatic rings. The zero-order valence-electron chi connectivity index (χ0n) is 16.0. The molecule has 0 aromatic heterocycles. The van der Waals surface area contributed by atoms with Crippen molar-refractivity contribution < 1.29 is 22.0 Å². The molecule has 4 rings (SSSR count). The van der Waals surface area contributed by atoms with E-state index < -0.39 is 34.3 Å². The smallest absolute Gasteiger partial charge is 0.265 e. The molecule has 1 atom stereocenters. The summed E-state index contributed by atoms with van der Waals surface area (Å²) in [4.78, 5) is 12.7. The summed E-state index contributed by atoms with van der Waals surface area (Å²) in [5.74, 6) is -1.43. The molecular weight excluding hydrogens is 410 g/mol. The summed E-state index contributed by atoms with van der Waals surface area (Å²) in [6, 6.07) is 15.3. The largest absolute Gasteiger partial charge is 0.348 e. The molecule has 1 amide bonds. The van der Waals surface area contributed by atoms with Gasteiger partial charge in [-0.1, -0.05) is 30.3 Å². The van der Waals surface area contributed by atoms with Crippen LogP contribution in [0.2, 0.25) is 0 Å². The van der Waals surface area contributed by atoms with E-state index in [1.165, 1.54) is 30.3 Å². The molecule has 0 fully saturated rings. The third-order valence-electron chi connectivity index (χ3n) is 5.01. The number of carbonyl (C=O) groups is 1. The maximum Gasteiger partial charge on any atom is 0.265 e. The third kappa shape index (κ3) is 3.54. The number of nitrogens with one attached hydrogen (secondary N) is 1. The van der Waals surface area contributed by atoms with Gasteiger partial charge in [-0.2, -0.15) is 0 Å². The molecule has 1 N–H and O–H groups in total. The lowest BCUT2D eigenvalue weighted by molar-refractivity contribution is -0.120. The quantitative estimate of drug-likeness (QED) is 0.683. The summed E-state index contributed by atoms with van der Waals surface area (Å²) in [6.07, 6.45) is 0. The number of sulfonamides is 1. The summed E-state index contributed by atoms with van der Waals surface area (Å²) >= 11 is 0. The normalized spacial score (nSPS) is 15.1. The predicted molar refractivity (Wildman–Crippen MR) is 109 cm³/mol. The van der Waals surface area contributed by atoms with Gasteiger partial charge in [-0.15, -0.1) is 0 Å². The Bertz CT molecular complexity index is 1230. The second kappa shape index (κ2) is 7.53. The zero-order valence-corrected chi connectivity index (χ0v) is 16.8. The van der Waals surface area contributed by atoms with E-state index in [-0.39, 0.29) is 16.4 Å². The first-order chi connectivity index (χ1) is 14.3. The number of rotatable bonds is 4. The molecule has 3 aromatic rings. The number of halogens is 2. The van der Waals surface area contributed by atoms with Gasteiger partial charge in [0.05, 0.1) is 16.6 Å². The van der Waals surface area contributed by atoms with Gasteiger partial charge < -0.3 is 5.32 Å². The van der Waals surface area contributed by atoms with Crippen LogP contribution in [0.15, 0.2) is 71.6 Å². The average Bonchev–Trinajstić information content (AvgIpc) is 2.72. The summed E-state index contributed by atoms with van der Waals surface area (Å²) in [7, 11) is -4.01. The molecule has 5 nitrogen and oxygen atoms in total. The van der Waals surface area contributed by atoms with Crippen LogP contribution in [0, 0.1) is 11.6 Å². The molecule has 0 bridgehead atoms. The Hall–Kier alpha value is -3.26. The van der Waals surface area contributed by atoms with Crippen molar-refractivity contribution in [2.45, 2.75) is 17.9 Å². The molecule has 154 valence electrons. The second-order valence-corrected chi connectivity index (χ2v) is 8.84. The highest BCUT2D eigenvalue weighted by Crippen LogP contribution is 2.43. The Labute approximate surface area is 173 Å². The fraction of sp³-hybridized carbons (Fsp3) is 0.136. The van der Waals surface area contributed by atoms with E-state index in [1.54, 1.807) is 37.3 Å². The van der Waals surface area contributed by atoms with Gasteiger partial charge >= 0.3 is 0 Å². The monoisotopic (exact) mass is 428 g/mol. The number of anilines is 1. The number of hydrogen-bond acceptors (Lipinski definition) is 3. The lowest BCUT2D eigenvalue weighted by Crippen LogP contribution is -2.43. The van der Waals surface area contributed by atoms with Crippen molar-refractivity contribution in [3.63, 3.8) is 0 Å². The molecule has 1 aliphatic heterocycles. The molecule has 3 aromatic carbocycles. The van der Waals surface area contributed by atoms with Crippen molar-refractivity contribution >= 4 is 21.6 Å². The van der Waals surface area contributed by atoms with E-state index >= 15 is 0 Å². The van der Waals surface area contributed by atoms with E-state index in [0.29, 0.717) is 16.7 Å². The Morgan fingerprint density at radius 1 is 0.967 bits per heavy atom. The van der Waals surface area contributed by atoms with Gasteiger partial charge in [-0.25, -0.2) is 17.2 Å². The highest BCUT2D eigenvalue weighted by Gasteiger charge is 2.36. The Morgan fingerprint density at radius 3 is 2.37 bits per heavy atom. The van der Waals surface area contributed by atoms with Crippen molar-refractivity contribution in [3.05, 3.63) is 83.9 Å². The minimum absolute atomic E-state index is 0.0162. The molecule has 0 radical (unpaired) electrons. The van der Waals surface area contributed by atoms with Gasteiger partial charge in [0.15, 0.2) is 0 Å². The van der Waals surface area contributed by atoms with E-state index in [2.05, 4.69) is 5.32 Å². The topological polar surface area (TPSA) is 66.5 Å². The molecule has 1 unspecified atom stereocenters. The first-order valence-electron chi connectivity index (χ1n) is 9.24. The van der Waals surface area contributed by atoms with Crippen molar-refractivity contribution in [1.29, 1.82) is 0 Å². The standard InChI is InChI=1S/C22H18F2N2O3S/c1-14(15-6-8-16(23)9-7-15)25-22(27)13-26-20-11-10-17(24)12-19(20)18-4-2-3-5-21(18)30(26,28)29/h2-12,14H,13H2,1H3,(H,25,27). The lowest BCUT2D eigenvalue weighted by atomic mass is 10.0. The van der Waals surface area contributed by atoms with Crippen LogP contribution >= 0.6 is 0 Å². The Balaban J connectivity index is 1.65. The minimum Gasteiger partial charge on any atom is -0.348 e. The highest BCUT2D eigenvalue weighted by atomic mass is 32.2. The number of nitrogens with zero attached hydrogens (tertiary/aromatic N) is 1. The summed E-state index contributed by atoms with van der Waals surface area (Å²) in [5, 5.41) is 2.73. The van der Waals surface area contributed by atoms with Crippen LogP contribution in [-0.2, 0) is 14.8 Å². The van der Waals surface area contributed by atoms with Crippen LogP contribution in [0.4, 0.5) is 14.5 Å². The molecule has 0 saturated heterocycles. The summed E-state index contributed by atoms with van der Waals surface area (Å²) < 4.78 is 54.4. The van der Waals surface area contributed by atoms with Gasteiger partial charge in [-0.3, -0.25) is 9.10 Å². The van der Waals surface area contributed by atoms with Gasteiger partial charge in [0.1, 0.15) is 18.2 Å². The number of amides is 1. The van der Waals surface area contributed by atoms with E-state index in [9.17, 15) is 22.0 Å². The van der Waals surface area contributed by atoms with E-state index in [1.807, 2.05) is 0 Å². The van der Waals surface area contributed by atoms with Crippen LogP contribution in [0.3, 0.4) is 0 Å². The Morgan fingerprint density at radius 2 is 1.63 bits per heavy atom. The van der Waals surface area contributed by atoms with Crippen molar-refractivity contribution in [3.8, 4) is 11.1 Å². The summed E-state index contributed by atoms with van der Waals surface area (Å²) in [6.45, 7) is 1.25. The molecule has 0 saturated carbocycles. The van der Waals surface area contributed by atoms with E-state index in [4.69, 9.17) is 0 Å². The number of benzene rings is 3. The minimum atomic E-state index is -4.01. The predicted octanol–water partition coefficient (Wildman–Crippen LogP) is 4.02. The first kappa shape index (κ1) is 20.0. The van der Waals surface area contributed by atoms with Crippen LogP contribution in [0.25, 0.3) is 11.1 Å². The number of carbonyl (C=O) groups excluding carboxylic acids is 1.